The molecule has 234 valence electrons. The molecule has 44 heavy (non-hydrogen) atoms. The molecular weight excluding hydrogens is 564 g/mol. The van der Waals surface area contributed by atoms with Crippen molar-refractivity contribution in [3.8, 4) is 0 Å². The van der Waals surface area contributed by atoms with E-state index in [1.54, 1.807) is 17.9 Å². The lowest BCUT2D eigenvalue weighted by atomic mass is 9.99. The van der Waals surface area contributed by atoms with Crippen molar-refractivity contribution in [1.82, 2.24) is 20.3 Å². The highest BCUT2D eigenvalue weighted by atomic mass is 16.7. The molecule has 3 heterocycles. The van der Waals surface area contributed by atoms with Crippen molar-refractivity contribution in [3.63, 3.8) is 0 Å². The molecule has 2 aromatic carbocycles. The maximum Gasteiger partial charge on any atom is 0.243 e. The predicted octanol–water partition coefficient (Wildman–Crippen LogP) is 3.34. The van der Waals surface area contributed by atoms with E-state index < -0.39 is 12.2 Å². The highest BCUT2D eigenvalue weighted by Gasteiger charge is 2.34. The minimum Gasteiger partial charge on any atom is -0.392 e. The van der Waals surface area contributed by atoms with Gasteiger partial charge in [-0.3, -0.25) is 19.7 Å². The molecule has 0 bridgehead atoms. The van der Waals surface area contributed by atoms with E-state index in [0.717, 1.165) is 55.4 Å². The number of piperazine rings is 1. The highest BCUT2D eigenvalue weighted by Crippen LogP contribution is 2.38. The number of ether oxygens (including phenoxy) is 2. The van der Waals surface area contributed by atoms with E-state index >= 15 is 0 Å². The number of carbonyl (C=O) groups excluding carboxylic acids is 2. The summed E-state index contributed by atoms with van der Waals surface area (Å²) in [6, 6.07) is 17.1. The van der Waals surface area contributed by atoms with Crippen LogP contribution in [0.3, 0.4) is 0 Å². The summed E-state index contributed by atoms with van der Waals surface area (Å²) in [5.41, 5.74) is 4.90. The Morgan fingerprint density at radius 3 is 2.32 bits per heavy atom. The van der Waals surface area contributed by atoms with Crippen LogP contribution >= 0.6 is 0 Å². The van der Waals surface area contributed by atoms with Gasteiger partial charge in [-0.1, -0.05) is 36.4 Å². The number of hydrogen-bond acceptors (Lipinski definition) is 10. The SMILES string of the molecule is O=C(CCCCC(=O)Nc1cccc([C@@H]2O[C@H](CN3CCN(c4ncccn4)CC3)C[C@H](c3ccc(CO)cc3)O2)c1)NO. The lowest BCUT2D eigenvalue weighted by molar-refractivity contribution is -0.253. The number of aromatic nitrogens is 2. The van der Waals surface area contributed by atoms with Gasteiger partial charge in [0, 0.05) is 75.6 Å². The molecule has 3 atom stereocenters. The van der Waals surface area contributed by atoms with Crippen LogP contribution in [0.2, 0.25) is 0 Å². The number of hydrogen-bond donors (Lipinski definition) is 4. The quantitative estimate of drug-likeness (QED) is 0.138. The number of hydroxylamine groups is 1. The van der Waals surface area contributed by atoms with Crippen LogP contribution in [-0.4, -0.2) is 75.8 Å². The van der Waals surface area contributed by atoms with E-state index in [-0.39, 0.29) is 37.6 Å². The van der Waals surface area contributed by atoms with Crippen molar-refractivity contribution in [2.75, 3.05) is 42.9 Å². The zero-order valence-corrected chi connectivity index (χ0v) is 24.7. The predicted molar refractivity (Wildman–Crippen MR) is 163 cm³/mol. The van der Waals surface area contributed by atoms with Crippen LogP contribution in [0.4, 0.5) is 11.6 Å². The number of anilines is 2. The maximum absolute atomic E-state index is 12.5. The molecule has 2 amide bonds. The number of amides is 2. The molecule has 0 saturated carbocycles. The number of aliphatic hydroxyl groups excluding tert-OH is 1. The minimum atomic E-state index is -0.635. The van der Waals surface area contributed by atoms with Crippen molar-refractivity contribution in [2.45, 2.75) is 57.2 Å². The summed E-state index contributed by atoms with van der Waals surface area (Å²) in [7, 11) is 0. The number of nitrogens with one attached hydrogen (secondary N) is 2. The van der Waals surface area contributed by atoms with E-state index in [9.17, 15) is 14.7 Å². The van der Waals surface area contributed by atoms with Crippen LogP contribution in [0, 0.1) is 0 Å². The van der Waals surface area contributed by atoms with E-state index in [1.165, 1.54) is 0 Å². The molecule has 12 nitrogen and oxygen atoms in total. The van der Waals surface area contributed by atoms with Gasteiger partial charge in [0.25, 0.3) is 0 Å². The average Bonchev–Trinajstić information content (AvgIpc) is 3.07. The summed E-state index contributed by atoms with van der Waals surface area (Å²) >= 11 is 0. The fraction of sp³-hybridized carbons (Fsp3) is 0.438. The molecule has 0 spiro atoms. The number of rotatable bonds is 12. The summed E-state index contributed by atoms with van der Waals surface area (Å²) in [5.74, 6) is 0.134. The first-order chi connectivity index (χ1) is 21.5. The Morgan fingerprint density at radius 2 is 1.61 bits per heavy atom. The van der Waals surface area contributed by atoms with Crippen molar-refractivity contribution < 1.29 is 29.4 Å². The average molecular weight is 605 g/mol. The van der Waals surface area contributed by atoms with Gasteiger partial charge in [-0.2, -0.15) is 0 Å². The van der Waals surface area contributed by atoms with Crippen LogP contribution in [0.1, 0.15) is 61.2 Å². The Bertz CT molecular complexity index is 1350. The van der Waals surface area contributed by atoms with Gasteiger partial charge in [-0.25, -0.2) is 15.4 Å². The molecule has 2 saturated heterocycles. The van der Waals surface area contributed by atoms with Crippen LogP contribution in [0.25, 0.3) is 0 Å². The molecular formula is C32H40N6O6. The largest absolute Gasteiger partial charge is 0.392 e. The first-order valence-electron chi connectivity index (χ1n) is 15.1. The Kier molecular flexibility index (Phi) is 11.2. The number of nitrogens with zero attached hydrogens (tertiary/aromatic N) is 4. The molecule has 0 unspecified atom stereocenters. The first-order valence-corrected chi connectivity index (χ1v) is 15.1. The standard InChI is InChI=1S/C32H40N6O6/c39-22-23-9-11-24(12-10-23)28-20-27(21-37-15-17-38(18-16-37)32-33-13-4-14-34-32)43-31(44-28)25-5-3-6-26(19-25)35-29(40)7-1-2-8-30(41)36-42/h3-6,9-14,19,27-28,31,39,42H,1-2,7-8,15-18,20-22H2,(H,35,40)(H,36,41)/t27-,28+,31+/m0/s1. The molecule has 4 N–H and O–H groups in total. The molecule has 1 aromatic heterocycles. The molecule has 2 fully saturated rings. The Labute approximate surface area is 257 Å². The normalized spacial score (nSPS) is 20.7. The van der Waals surface area contributed by atoms with Gasteiger partial charge in [0.1, 0.15) is 0 Å². The zero-order chi connectivity index (χ0) is 30.7. The molecule has 2 aliphatic heterocycles. The van der Waals surface area contributed by atoms with Crippen LogP contribution in [0.5, 0.6) is 0 Å². The smallest absolute Gasteiger partial charge is 0.243 e. The van der Waals surface area contributed by atoms with E-state index in [4.69, 9.17) is 14.7 Å². The van der Waals surface area contributed by atoms with Crippen molar-refractivity contribution in [2.24, 2.45) is 0 Å². The maximum atomic E-state index is 12.5. The molecule has 0 aliphatic carbocycles. The molecule has 3 aromatic rings. The third kappa shape index (κ3) is 8.80. The lowest BCUT2D eigenvalue weighted by Crippen LogP contribution is -2.50. The highest BCUT2D eigenvalue weighted by molar-refractivity contribution is 5.90. The molecule has 0 radical (unpaired) electrons. The van der Waals surface area contributed by atoms with Gasteiger partial charge in [-0.05, 0) is 42.2 Å². The number of aliphatic hydroxyl groups is 1. The summed E-state index contributed by atoms with van der Waals surface area (Å²) < 4.78 is 13.0. The number of unbranched alkanes of at least 4 members (excludes halogenated alkanes) is 1. The van der Waals surface area contributed by atoms with Crippen LogP contribution in [0.15, 0.2) is 67.0 Å². The van der Waals surface area contributed by atoms with Crippen molar-refractivity contribution >= 4 is 23.5 Å². The van der Waals surface area contributed by atoms with Gasteiger partial charge in [0.15, 0.2) is 6.29 Å². The fourth-order valence-electron chi connectivity index (χ4n) is 5.52. The fourth-order valence-corrected chi connectivity index (χ4v) is 5.52. The van der Waals surface area contributed by atoms with Gasteiger partial charge in [0.2, 0.25) is 17.8 Å². The number of carbonyl (C=O) groups is 2. The van der Waals surface area contributed by atoms with Crippen LogP contribution in [-0.2, 0) is 25.7 Å². The third-order valence-electron chi connectivity index (χ3n) is 7.91. The topological polar surface area (TPSA) is 149 Å². The monoisotopic (exact) mass is 604 g/mol. The second kappa shape index (κ2) is 15.7. The lowest BCUT2D eigenvalue weighted by Gasteiger charge is -2.40. The first kappa shape index (κ1) is 31.5. The number of benzene rings is 2. The van der Waals surface area contributed by atoms with Gasteiger partial charge in [0.05, 0.1) is 18.8 Å². The Morgan fingerprint density at radius 1 is 0.886 bits per heavy atom. The van der Waals surface area contributed by atoms with Gasteiger partial charge in [-0.15, -0.1) is 0 Å². The third-order valence-corrected chi connectivity index (χ3v) is 7.91. The van der Waals surface area contributed by atoms with E-state index in [0.29, 0.717) is 24.9 Å². The van der Waals surface area contributed by atoms with Gasteiger partial charge < -0.3 is 24.8 Å². The molecule has 2 aliphatic rings. The molecule has 5 rings (SSSR count). The van der Waals surface area contributed by atoms with Crippen molar-refractivity contribution in [1.29, 1.82) is 0 Å². The van der Waals surface area contributed by atoms with Crippen molar-refractivity contribution in [3.05, 3.63) is 83.7 Å². The Hall–Kier alpha value is -3.94. The molecule has 12 heteroatoms. The summed E-state index contributed by atoms with van der Waals surface area (Å²) in [6.07, 6.45) is 4.73. The van der Waals surface area contributed by atoms with E-state index in [1.807, 2.05) is 54.6 Å². The second-order valence-electron chi connectivity index (χ2n) is 11.1. The second-order valence-corrected chi connectivity index (χ2v) is 11.1. The minimum absolute atomic E-state index is 0.0172. The van der Waals surface area contributed by atoms with Gasteiger partial charge >= 0.3 is 0 Å². The summed E-state index contributed by atoms with van der Waals surface area (Å²) in [4.78, 5) is 37.1. The summed E-state index contributed by atoms with van der Waals surface area (Å²) in [5, 5.41) is 21.0. The van der Waals surface area contributed by atoms with E-state index in [2.05, 4.69) is 25.1 Å². The van der Waals surface area contributed by atoms with Crippen LogP contribution < -0.4 is 15.7 Å². The summed E-state index contributed by atoms with van der Waals surface area (Å²) in [6.45, 7) is 4.13. The Balaban J connectivity index is 1.23. The zero-order valence-electron chi connectivity index (χ0n) is 24.7.